The van der Waals surface area contributed by atoms with E-state index in [0.29, 0.717) is 23.7 Å². The molecule has 0 spiro atoms. The Bertz CT molecular complexity index is 593. The second-order valence-electron chi connectivity index (χ2n) is 5.40. The highest BCUT2D eigenvalue weighted by Gasteiger charge is 2.16. The van der Waals surface area contributed by atoms with Crippen LogP contribution in [0.5, 0.6) is 0 Å². The maximum atomic E-state index is 14.0. The third kappa shape index (κ3) is 3.96. The molecule has 0 amide bonds. The first-order valence-electron chi connectivity index (χ1n) is 6.99. The fraction of sp³-hybridized carbons (Fsp3) is 0.294. The van der Waals surface area contributed by atoms with E-state index in [-0.39, 0.29) is 11.9 Å². The zero-order valence-electron chi connectivity index (χ0n) is 12.3. The highest BCUT2D eigenvalue weighted by Crippen LogP contribution is 2.23. The van der Waals surface area contributed by atoms with Crippen molar-refractivity contribution in [2.24, 2.45) is 0 Å². The van der Waals surface area contributed by atoms with Crippen molar-refractivity contribution in [3.05, 3.63) is 64.4 Å². The summed E-state index contributed by atoms with van der Waals surface area (Å²) in [6.45, 7) is 5.27. The number of anilines is 1. The van der Waals surface area contributed by atoms with Gasteiger partial charge in [-0.25, -0.2) is 4.39 Å². The van der Waals surface area contributed by atoms with Gasteiger partial charge in [0.25, 0.3) is 0 Å². The lowest BCUT2D eigenvalue weighted by atomic mass is 10.1. The van der Waals surface area contributed by atoms with Gasteiger partial charge < -0.3 is 5.73 Å². The predicted molar refractivity (Wildman–Crippen MR) is 86.6 cm³/mol. The van der Waals surface area contributed by atoms with E-state index in [1.54, 1.807) is 12.1 Å². The molecule has 0 aromatic heterocycles. The highest BCUT2D eigenvalue weighted by atomic mass is 35.5. The van der Waals surface area contributed by atoms with Crippen LogP contribution in [0, 0.1) is 5.82 Å². The number of benzene rings is 2. The Kier molecular flexibility index (Phi) is 5.21. The van der Waals surface area contributed by atoms with Crippen LogP contribution in [-0.4, -0.2) is 10.9 Å². The van der Waals surface area contributed by atoms with Crippen molar-refractivity contribution >= 4 is 17.3 Å². The third-order valence-electron chi connectivity index (χ3n) is 3.58. The van der Waals surface area contributed by atoms with Crippen LogP contribution in [0.3, 0.4) is 0 Å². The van der Waals surface area contributed by atoms with E-state index >= 15 is 0 Å². The Labute approximate surface area is 130 Å². The minimum atomic E-state index is -0.269. The molecule has 0 unspecified atom stereocenters. The minimum absolute atomic E-state index is 0.250. The lowest BCUT2D eigenvalue weighted by Crippen LogP contribution is -2.30. The standard InChI is InChI=1S/C17H20ClFN2/c1-12(2)21(10-13-6-3-4-9-17(13)20)11-14-15(18)7-5-8-16(14)19/h3-9,12H,10-11,20H2,1-2H3. The van der Waals surface area contributed by atoms with Crippen LogP contribution >= 0.6 is 11.6 Å². The molecule has 2 N–H and O–H groups in total. The first kappa shape index (κ1) is 15.8. The van der Waals surface area contributed by atoms with Gasteiger partial charge >= 0.3 is 0 Å². The number of nitrogens with zero attached hydrogens (tertiary/aromatic N) is 1. The predicted octanol–water partition coefficient (Wildman–Crippen LogP) is 4.47. The first-order chi connectivity index (χ1) is 9.99. The van der Waals surface area contributed by atoms with E-state index in [4.69, 9.17) is 17.3 Å². The summed E-state index contributed by atoms with van der Waals surface area (Å²) < 4.78 is 14.0. The van der Waals surface area contributed by atoms with Gasteiger partial charge in [0.15, 0.2) is 0 Å². The number of rotatable bonds is 5. The van der Waals surface area contributed by atoms with Crippen molar-refractivity contribution in [3.8, 4) is 0 Å². The van der Waals surface area contributed by atoms with Crippen molar-refractivity contribution in [3.63, 3.8) is 0 Å². The molecule has 2 aromatic carbocycles. The molecule has 0 aliphatic carbocycles. The zero-order chi connectivity index (χ0) is 15.4. The summed E-state index contributed by atoms with van der Waals surface area (Å²) in [5, 5.41) is 0.460. The zero-order valence-corrected chi connectivity index (χ0v) is 13.1. The molecule has 0 heterocycles. The summed E-state index contributed by atoms with van der Waals surface area (Å²) >= 11 is 6.12. The third-order valence-corrected chi connectivity index (χ3v) is 3.94. The van der Waals surface area contributed by atoms with Crippen LogP contribution in [0.1, 0.15) is 25.0 Å². The molecule has 0 aliphatic rings. The molecule has 21 heavy (non-hydrogen) atoms. The van der Waals surface area contributed by atoms with Gasteiger partial charge in [0.2, 0.25) is 0 Å². The van der Waals surface area contributed by atoms with Crippen LogP contribution in [0.25, 0.3) is 0 Å². The van der Waals surface area contributed by atoms with Crippen LogP contribution in [-0.2, 0) is 13.1 Å². The van der Waals surface area contributed by atoms with E-state index < -0.39 is 0 Å². The quantitative estimate of drug-likeness (QED) is 0.826. The number of hydrogen-bond acceptors (Lipinski definition) is 2. The molecule has 0 aliphatic heterocycles. The summed E-state index contributed by atoms with van der Waals surface area (Å²) in [6.07, 6.45) is 0. The van der Waals surface area contributed by atoms with E-state index in [1.165, 1.54) is 6.07 Å². The molecule has 2 nitrogen and oxygen atoms in total. The maximum Gasteiger partial charge on any atom is 0.129 e. The smallest absolute Gasteiger partial charge is 0.129 e. The molecule has 0 saturated carbocycles. The number of halogens is 2. The van der Waals surface area contributed by atoms with Gasteiger partial charge in [-0.3, -0.25) is 4.90 Å². The molecule has 2 aromatic rings. The molecule has 0 atom stereocenters. The van der Waals surface area contributed by atoms with Crippen molar-refractivity contribution < 1.29 is 4.39 Å². The van der Waals surface area contributed by atoms with E-state index in [1.807, 2.05) is 24.3 Å². The second kappa shape index (κ2) is 6.92. The number of hydrogen-bond donors (Lipinski definition) is 1. The van der Waals surface area contributed by atoms with Gasteiger partial charge in [-0.2, -0.15) is 0 Å². The largest absolute Gasteiger partial charge is 0.398 e. The Morgan fingerprint density at radius 3 is 2.43 bits per heavy atom. The van der Waals surface area contributed by atoms with Crippen molar-refractivity contribution in [2.75, 3.05) is 5.73 Å². The summed E-state index contributed by atoms with van der Waals surface area (Å²) in [5.74, 6) is -0.269. The van der Waals surface area contributed by atoms with E-state index in [9.17, 15) is 4.39 Å². The average molecular weight is 307 g/mol. The topological polar surface area (TPSA) is 29.3 Å². The Morgan fingerprint density at radius 1 is 1.10 bits per heavy atom. The van der Waals surface area contributed by atoms with Gasteiger partial charge in [0, 0.05) is 35.4 Å². The molecule has 2 rings (SSSR count). The Morgan fingerprint density at radius 2 is 1.81 bits per heavy atom. The summed E-state index contributed by atoms with van der Waals surface area (Å²) in [4.78, 5) is 2.15. The van der Waals surface area contributed by atoms with Gasteiger partial charge in [-0.1, -0.05) is 35.9 Å². The van der Waals surface area contributed by atoms with Crippen molar-refractivity contribution in [2.45, 2.75) is 33.0 Å². The van der Waals surface area contributed by atoms with E-state index in [0.717, 1.165) is 11.3 Å². The molecular weight excluding hydrogens is 287 g/mol. The second-order valence-corrected chi connectivity index (χ2v) is 5.80. The Hall–Kier alpha value is -1.58. The lowest BCUT2D eigenvalue weighted by Gasteiger charge is -2.27. The number of nitrogen functional groups attached to an aromatic ring is 1. The average Bonchev–Trinajstić information content (AvgIpc) is 2.43. The normalized spacial score (nSPS) is 11.3. The van der Waals surface area contributed by atoms with Gasteiger partial charge in [-0.05, 0) is 37.6 Å². The Balaban J connectivity index is 2.23. The van der Waals surface area contributed by atoms with Gasteiger partial charge in [-0.15, -0.1) is 0 Å². The van der Waals surface area contributed by atoms with Crippen LogP contribution < -0.4 is 5.73 Å². The van der Waals surface area contributed by atoms with Gasteiger partial charge in [0.1, 0.15) is 5.82 Å². The SMILES string of the molecule is CC(C)N(Cc1ccccc1N)Cc1c(F)cccc1Cl. The molecule has 4 heteroatoms. The first-order valence-corrected chi connectivity index (χ1v) is 7.37. The molecule has 0 fully saturated rings. The number of nitrogens with two attached hydrogens (primary N) is 1. The molecule has 0 bridgehead atoms. The fourth-order valence-electron chi connectivity index (χ4n) is 2.20. The maximum absolute atomic E-state index is 14.0. The minimum Gasteiger partial charge on any atom is -0.398 e. The molecule has 112 valence electrons. The highest BCUT2D eigenvalue weighted by molar-refractivity contribution is 6.31. The van der Waals surface area contributed by atoms with Crippen molar-refractivity contribution in [1.29, 1.82) is 0 Å². The molecule has 0 saturated heterocycles. The van der Waals surface area contributed by atoms with Crippen LogP contribution in [0.15, 0.2) is 42.5 Å². The molecule has 0 radical (unpaired) electrons. The van der Waals surface area contributed by atoms with Crippen molar-refractivity contribution in [1.82, 2.24) is 4.90 Å². The monoisotopic (exact) mass is 306 g/mol. The summed E-state index contributed by atoms with van der Waals surface area (Å²) in [6, 6.07) is 12.8. The van der Waals surface area contributed by atoms with Crippen LogP contribution in [0.4, 0.5) is 10.1 Å². The number of para-hydroxylation sites is 1. The molecular formula is C17H20ClFN2. The lowest BCUT2D eigenvalue weighted by molar-refractivity contribution is 0.201. The fourth-order valence-corrected chi connectivity index (χ4v) is 2.43. The summed E-state index contributed by atoms with van der Waals surface area (Å²) in [7, 11) is 0. The summed E-state index contributed by atoms with van der Waals surface area (Å²) in [5.41, 5.74) is 8.32. The van der Waals surface area contributed by atoms with Crippen LogP contribution in [0.2, 0.25) is 5.02 Å². The van der Waals surface area contributed by atoms with Gasteiger partial charge in [0.05, 0.1) is 0 Å². The van der Waals surface area contributed by atoms with E-state index in [2.05, 4.69) is 18.7 Å².